The van der Waals surface area contributed by atoms with Gasteiger partial charge in [-0.2, -0.15) is 0 Å². The lowest BCUT2D eigenvalue weighted by molar-refractivity contribution is -0.231. The number of hydrogen-bond acceptors (Lipinski definition) is 7. The Labute approximate surface area is 222 Å². The minimum atomic E-state index is -1.51. The molecule has 3 aromatic carbocycles. The fourth-order valence-corrected chi connectivity index (χ4v) is 5.03. The van der Waals surface area contributed by atoms with Crippen molar-refractivity contribution in [3.05, 3.63) is 93.5 Å². The number of fused-ring (bicyclic) bond motifs is 1. The molecule has 1 unspecified atom stereocenters. The largest absolute Gasteiger partial charge is 0.487 e. The standard InChI is InChI=1S/C28H27ClF2O7/c29-19-6-5-15(28-27(35)26(34)25(33)24(12-32)38-28)10-16(19)8-14-4-7-23(21(31)9-14)36-13-17-11-18-20(30)2-1-3-22(18)37-17/h1-7,9-10,17,24-28,32-35H,8,11-13H2/t17?,24-,25-,26+,27-,28+/m1/s1. The lowest BCUT2D eigenvalue weighted by Crippen LogP contribution is -2.55. The van der Waals surface area contributed by atoms with E-state index in [2.05, 4.69) is 0 Å². The van der Waals surface area contributed by atoms with E-state index in [1.165, 1.54) is 18.2 Å². The van der Waals surface area contributed by atoms with Gasteiger partial charge in [0.25, 0.3) is 0 Å². The van der Waals surface area contributed by atoms with Crippen LogP contribution in [-0.2, 0) is 17.6 Å². The molecular formula is C28H27ClF2O7. The topological polar surface area (TPSA) is 109 Å². The van der Waals surface area contributed by atoms with Crippen molar-refractivity contribution in [2.75, 3.05) is 13.2 Å². The van der Waals surface area contributed by atoms with Crippen molar-refractivity contribution < 1.29 is 43.4 Å². The number of benzene rings is 3. The average molecular weight is 549 g/mol. The number of rotatable bonds is 7. The Morgan fingerprint density at radius 1 is 0.947 bits per heavy atom. The molecule has 5 rings (SSSR count). The van der Waals surface area contributed by atoms with Crippen molar-refractivity contribution in [3.63, 3.8) is 0 Å². The van der Waals surface area contributed by atoms with E-state index in [0.29, 0.717) is 39.4 Å². The van der Waals surface area contributed by atoms with E-state index in [1.54, 1.807) is 36.4 Å². The van der Waals surface area contributed by atoms with E-state index in [0.717, 1.165) is 0 Å². The van der Waals surface area contributed by atoms with Gasteiger partial charge in [-0.1, -0.05) is 35.9 Å². The molecule has 7 nitrogen and oxygen atoms in total. The molecule has 4 N–H and O–H groups in total. The zero-order valence-corrected chi connectivity index (χ0v) is 20.9. The first-order valence-electron chi connectivity index (χ1n) is 12.2. The Morgan fingerprint density at radius 2 is 1.76 bits per heavy atom. The summed E-state index contributed by atoms with van der Waals surface area (Å²) in [5, 5.41) is 40.5. The highest BCUT2D eigenvalue weighted by Gasteiger charge is 2.44. The number of ether oxygens (including phenoxy) is 3. The Balaban J connectivity index is 1.26. The third kappa shape index (κ3) is 5.36. The van der Waals surface area contributed by atoms with Crippen LogP contribution in [0.5, 0.6) is 11.5 Å². The lowest BCUT2D eigenvalue weighted by atomic mass is 9.90. The Kier molecular flexibility index (Phi) is 7.85. The Morgan fingerprint density at radius 3 is 2.50 bits per heavy atom. The van der Waals surface area contributed by atoms with Crippen LogP contribution in [0.3, 0.4) is 0 Å². The van der Waals surface area contributed by atoms with E-state index in [4.69, 9.17) is 25.8 Å². The van der Waals surface area contributed by atoms with E-state index in [-0.39, 0.29) is 24.6 Å². The van der Waals surface area contributed by atoms with Crippen LogP contribution >= 0.6 is 11.6 Å². The van der Waals surface area contributed by atoms with Gasteiger partial charge in [-0.05, 0) is 53.4 Å². The molecule has 202 valence electrons. The second-order valence-corrected chi connectivity index (χ2v) is 9.92. The highest BCUT2D eigenvalue weighted by atomic mass is 35.5. The summed E-state index contributed by atoms with van der Waals surface area (Å²) < 4.78 is 45.7. The molecule has 2 heterocycles. The normalized spacial score (nSPS) is 26.6. The first-order chi connectivity index (χ1) is 18.2. The predicted octanol–water partition coefficient (Wildman–Crippen LogP) is 3.11. The zero-order valence-electron chi connectivity index (χ0n) is 20.1. The first-order valence-corrected chi connectivity index (χ1v) is 12.6. The molecule has 38 heavy (non-hydrogen) atoms. The fourth-order valence-electron chi connectivity index (χ4n) is 4.85. The number of hydrogen-bond donors (Lipinski definition) is 4. The van der Waals surface area contributed by atoms with Crippen LogP contribution < -0.4 is 9.47 Å². The summed E-state index contributed by atoms with van der Waals surface area (Å²) in [5.41, 5.74) is 2.19. The highest BCUT2D eigenvalue weighted by Crippen LogP contribution is 2.35. The number of halogens is 3. The molecule has 0 aliphatic carbocycles. The molecule has 1 saturated heterocycles. The van der Waals surface area contributed by atoms with Crippen LogP contribution in [-0.4, -0.2) is 64.2 Å². The molecule has 0 amide bonds. The van der Waals surface area contributed by atoms with Crippen molar-refractivity contribution in [2.45, 2.75) is 49.5 Å². The third-order valence-corrected chi connectivity index (χ3v) is 7.28. The van der Waals surface area contributed by atoms with Gasteiger partial charge in [-0.25, -0.2) is 8.78 Å². The number of aliphatic hydroxyl groups excluding tert-OH is 4. The molecule has 0 spiro atoms. The summed E-state index contributed by atoms with van der Waals surface area (Å²) in [7, 11) is 0. The van der Waals surface area contributed by atoms with Gasteiger partial charge in [-0.3, -0.25) is 0 Å². The summed E-state index contributed by atoms with van der Waals surface area (Å²) in [5.74, 6) is -0.410. The van der Waals surface area contributed by atoms with E-state index < -0.39 is 49.0 Å². The van der Waals surface area contributed by atoms with Gasteiger partial charge in [0.1, 0.15) is 54.8 Å². The molecule has 10 heteroatoms. The van der Waals surface area contributed by atoms with E-state index in [9.17, 15) is 29.2 Å². The van der Waals surface area contributed by atoms with Crippen molar-refractivity contribution in [3.8, 4) is 11.5 Å². The third-order valence-electron chi connectivity index (χ3n) is 6.91. The van der Waals surface area contributed by atoms with Crippen LogP contribution in [0.1, 0.15) is 28.4 Å². The lowest BCUT2D eigenvalue weighted by Gasteiger charge is -2.40. The second-order valence-electron chi connectivity index (χ2n) is 9.51. The van der Waals surface area contributed by atoms with E-state index >= 15 is 0 Å². The summed E-state index contributed by atoms with van der Waals surface area (Å²) in [4.78, 5) is 0. The van der Waals surface area contributed by atoms with Gasteiger partial charge in [0.05, 0.1) is 6.61 Å². The predicted molar refractivity (Wildman–Crippen MR) is 133 cm³/mol. The monoisotopic (exact) mass is 548 g/mol. The molecule has 3 aromatic rings. The van der Waals surface area contributed by atoms with Gasteiger partial charge < -0.3 is 34.6 Å². The molecule has 0 aromatic heterocycles. The minimum absolute atomic E-state index is 0.0370. The maximum absolute atomic E-state index is 14.9. The van der Waals surface area contributed by atoms with Gasteiger partial charge in [0.2, 0.25) is 0 Å². The van der Waals surface area contributed by atoms with Gasteiger partial charge >= 0.3 is 0 Å². The molecule has 1 fully saturated rings. The summed E-state index contributed by atoms with van der Waals surface area (Å²) >= 11 is 6.38. The molecule has 6 atom stereocenters. The highest BCUT2D eigenvalue weighted by molar-refractivity contribution is 6.31. The minimum Gasteiger partial charge on any atom is -0.487 e. The van der Waals surface area contributed by atoms with Crippen LogP contribution in [0.2, 0.25) is 5.02 Å². The van der Waals surface area contributed by atoms with Crippen LogP contribution in [0.15, 0.2) is 54.6 Å². The maximum atomic E-state index is 14.9. The Hall–Kier alpha value is -2.79. The summed E-state index contributed by atoms with van der Waals surface area (Å²) in [6.07, 6.45) is -6.28. The summed E-state index contributed by atoms with van der Waals surface area (Å²) in [6, 6.07) is 14.0. The Bertz CT molecular complexity index is 1300. The van der Waals surface area contributed by atoms with Crippen molar-refractivity contribution in [2.24, 2.45) is 0 Å². The number of aliphatic hydroxyl groups is 4. The summed E-state index contributed by atoms with van der Waals surface area (Å²) in [6.45, 7) is -0.482. The van der Waals surface area contributed by atoms with Gasteiger partial charge in [0.15, 0.2) is 11.6 Å². The molecule has 0 bridgehead atoms. The van der Waals surface area contributed by atoms with Crippen LogP contribution in [0.4, 0.5) is 8.78 Å². The van der Waals surface area contributed by atoms with Gasteiger partial charge in [-0.15, -0.1) is 0 Å². The van der Waals surface area contributed by atoms with Crippen LogP contribution in [0.25, 0.3) is 0 Å². The smallest absolute Gasteiger partial charge is 0.165 e. The molecule has 2 aliphatic rings. The fraction of sp³-hybridized carbons (Fsp3) is 0.357. The van der Waals surface area contributed by atoms with E-state index in [1.807, 2.05) is 0 Å². The SMILES string of the molecule is OC[C@H]1O[C@@H](c2ccc(Cl)c(Cc3ccc(OCC4Cc5c(F)cccc5O4)c(F)c3)c2)[C@H](O)[C@@H](O)[C@@H]1O. The van der Waals surface area contributed by atoms with Crippen molar-refractivity contribution in [1.82, 2.24) is 0 Å². The maximum Gasteiger partial charge on any atom is 0.165 e. The average Bonchev–Trinajstić information content (AvgIpc) is 3.33. The molecule has 0 radical (unpaired) electrons. The second kappa shape index (κ2) is 11.1. The van der Waals surface area contributed by atoms with Gasteiger partial charge in [0, 0.05) is 17.0 Å². The molecular weight excluding hydrogens is 522 g/mol. The van der Waals surface area contributed by atoms with Crippen molar-refractivity contribution >= 4 is 11.6 Å². The zero-order chi connectivity index (χ0) is 27.0. The quantitative estimate of drug-likeness (QED) is 0.359. The van der Waals surface area contributed by atoms with Crippen LogP contribution in [0, 0.1) is 11.6 Å². The molecule has 0 saturated carbocycles. The molecule has 2 aliphatic heterocycles. The first kappa shape index (κ1) is 26.8. The van der Waals surface area contributed by atoms with Crippen molar-refractivity contribution in [1.29, 1.82) is 0 Å².